The van der Waals surface area contributed by atoms with Crippen molar-refractivity contribution in [2.24, 2.45) is 0 Å². The summed E-state index contributed by atoms with van der Waals surface area (Å²) in [5.41, 5.74) is 2.24. The maximum Gasteiger partial charge on any atom is 0.129 e. The lowest BCUT2D eigenvalue weighted by molar-refractivity contribution is 0.207. The van der Waals surface area contributed by atoms with Crippen LogP contribution in [0.1, 0.15) is 5.56 Å². The Morgan fingerprint density at radius 1 is 1.05 bits per heavy atom. The molecule has 0 bridgehead atoms. The first-order valence-electron chi connectivity index (χ1n) is 7.05. The van der Waals surface area contributed by atoms with Gasteiger partial charge in [0.1, 0.15) is 17.7 Å². The quantitative estimate of drug-likeness (QED) is 0.617. The average molecular weight is 357 g/mol. The molecule has 0 unspecified atom stereocenters. The molecule has 0 aromatic heterocycles. The number of rotatable bonds is 3. The monoisotopic (exact) mass is 356 g/mol. The minimum atomic E-state index is 0.115. The molecular weight excluding hydrogens is 340 g/mol. The highest BCUT2D eigenvalue weighted by Crippen LogP contribution is 2.23. The fourth-order valence-corrected chi connectivity index (χ4v) is 2.58. The van der Waals surface area contributed by atoms with Crippen LogP contribution in [-0.2, 0) is 0 Å². The maximum atomic E-state index is 8.89. The van der Waals surface area contributed by atoms with Crippen molar-refractivity contribution < 1.29 is 0 Å². The largest absolute Gasteiger partial charge is 0.368 e. The van der Waals surface area contributed by atoms with Crippen molar-refractivity contribution >= 4 is 21.6 Å². The summed E-state index contributed by atoms with van der Waals surface area (Å²) in [5, 5.41) is 17.8. The van der Waals surface area contributed by atoms with Gasteiger partial charge in [0.25, 0.3) is 0 Å². The number of benzene rings is 1. The van der Waals surface area contributed by atoms with Crippen molar-refractivity contribution in [3.05, 3.63) is 52.0 Å². The molecule has 0 aliphatic carbocycles. The second-order valence-corrected chi connectivity index (χ2v) is 6.07. The molecule has 0 amide bonds. The molecule has 2 rings (SSSR count). The minimum absolute atomic E-state index is 0.115. The van der Waals surface area contributed by atoms with E-state index in [1.165, 1.54) is 0 Å². The van der Waals surface area contributed by atoms with E-state index in [2.05, 4.69) is 32.8 Å². The molecule has 5 heteroatoms. The summed E-state index contributed by atoms with van der Waals surface area (Å²) in [6.07, 6.45) is 3.46. The third-order valence-electron chi connectivity index (χ3n) is 3.63. The minimum Gasteiger partial charge on any atom is -0.368 e. The summed E-state index contributed by atoms with van der Waals surface area (Å²) in [7, 11) is 2.11. The van der Waals surface area contributed by atoms with Crippen molar-refractivity contribution in [2.75, 3.05) is 33.2 Å². The molecule has 1 heterocycles. The van der Waals surface area contributed by atoms with E-state index in [0.717, 1.165) is 41.9 Å². The van der Waals surface area contributed by atoms with Gasteiger partial charge in [0, 0.05) is 36.3 Å². The summed E-state index contributed by atoms with van der Waals surface area (Å²) in [5.74, 6) is 0. The zero-order valence-corrected chi connectivity index (χ0v) is 14.0. The molecule has 1 aliphatic heterocycles. The lowest BCUT2D eigenvalue weighted by atomic mass is 10.1. The average Bonchev–Trinajstić information content (AvgIpc) is 2.54. The standard InChI is InChI=1S/C17H17BrN4/c1-21-8-10-22(11-9-21)17(7-2-14(12-19)13-20)15-3-5-16(18)6-4-15/h2-7H,8-11H2,1H3/b17-7-. The van der Waals surface area contributed by atoms with Crippen LogP contribution in [0.5, 0.6) is 0 Å². The van der Waals surface area contributed by atoms with Crippen molar-refractivity contribution in [1.82, 2.24) is 9.80 Å². The number of nitrogens with zero attached hydrogens (tertiary/aromatic N) is 4. The van der Waals surface area contributed by atoms with E-state index in [-0.39, 0.29) is 5.57 Å². The first kappa shape index (κ1) is 16.3. The zero-order valence-electron chi connectivity index (χ0n) is 12.5. The number of hydrogen-bond donors (Lipinski definition) is 0. The molecule has 0 N–H and O–H groups in total. The van der Waals surface area contributed by atoms with E-state index in [1.807, 2.05) is 42.5 Å². The van der Waals surface area contributed by atoms with Crippen LogP contribution in [0.3, 0.4) is 0 Å². The molecule has 1 aromatic rings. The fraction of sp³-hybridized carbons (Fsp3) is 0.294. The Labute approximate surface area is 139 Å². The van der Waals surface area contributed by atoms with Gasteiger partial charge in [-0.15, -0.1) is 0 Å². The molecular formula is C17H17BrN4. The number of nitriles is 2. The molecule has 4 nitrogen and oxygen atoms in total. The first-order chi connectivity index (χ1) is 10.6. The summed E-state index contributed by atoms with van der Waals surface area (Å²) in [4.78, 5) is 4.59. The van der Waals surface area contributed by atoms with Gasteiger partial charge in [-0.25, -0.2) is 0 Å². The van der Waals surface area contributed by atoms with Gasteiger partial charge in [-0.05, 0) is 36.9 Å². The third-order valence-corrected chi connectivity index (χ3v) is 4.16. The number of piperazine rings is 1. The SMILES string of the molecule is CN1CCN(/C(=C\C=C(C#N)C#N)c2ccc(Br)cc2)CC1. The molecule has 22 heavy (non-hydrogen) atoms. The van der Waals surface area contributed by atoms with Crippen LogP contribution in [0.4, 0.5) is 0 Å². The van der Waals surface area contributed by atoms with Gasteiger partial charge in [0.2, 0.25) is 0 Å². The zero-order chi connectivity index (χ0) is 15.9. The number of likely N-dealkylation sites (N-methyl/N-ethyl adjacent to an activating group) is 1. The van der Waals surface area contributed by atoms with Crippen LogP contribution in [0.2, 0.25) is 0 Å². The van der Waals surface area contributed by atoms with Crippen LogP contribution >= 0.6 is 15.9 Å². The molecule has 0 atom stereocenters. The molecule has 1 aliphatic rings. The Morgan fingerprint density at radius 2 is 1.64 bits per heavy atom. The molecule has 1 aromatic carbocycles. The van der Waals surface area contributed by atoms with Crippen LogP contribution < -0.4 is 0 Å². The molecule has 0 radical (unpaired) electrons. The van der Waals surface area contributed by atoms with E-state index < -0.39 is 0 Å². The Bertz CT molecular complexity index is 637. The number of allylic oxidation sites excluding steroid dienone is 3. The fourth-order valence-electron chi connectivity index (χ4n) is 2.31. The van der Waals surface area contributed by atoms with Gasteiger partial charge in [-0.1, -0.05) is 28.1 Å². The highest BCUT2D eigenvalue weighted by Gasteiger charge is 2.17. The molecule has 0 spiro atoms. The van der Waals surface area contributed by atoms with E-state index >= 15 is 0 Å². The summed E-state index contributed by atoms with van der Waals surface area (Å²) in [6, 6.07) is 11.9. The molecule has 1 fully saturated rings. The van der Waals surface area contributed by atoms with E-state index in [0.29, 0.717) is 0 Å². The predicted molar refractivity (Wildman–Crippen MR) is 90.5 cm³/mol. The van der Waals surface area contributed by atoms with Crippen molar-refractivity contribution in [3.8, 4) is 12.1 Å². The number of halogens is 1. The lowest BCUT2D eigenvalue weighted by Gasteiger charge is -2.35. The van der Waals surface area contributed by atoms with Gasteiger partial charge in [0.15, 0.2) is 0 Å². The van der Waals surface area contributed by atoms with Crippen molar-refractivity contribution in [1.29, 1.82) is 10.5 Å². The second kappa shape index (κ2) is 7.79. The Morgan fingerprint density at radius 3 is 2.18 bits per heavy atom. The van der Waals surface area contributed by atoms with Crippen molar-refractivity contribution in [2.45, 2.75) is 0 Å². The smallest absolute Gasteiger partial charge is 0.129 e. The normalized spacial score (nSPS) is 15.8. The summed E-state index contributed by atoms with van der Waals surface area (Å²) in [6.45, 7) is 3.86. The van der Waals surface area contributed by atoms with E-state index in [1.54, 1.807) is 6.08 Å². The maximum absolute atomic E-state index is 8.89. The van der Waals surface area contributed by atoms with Crippen LogP contribution in [-0.4, -0.2) is 43.0 Å². The van der Waals surface area contributed by atoms with Crippen LogP contribution in [0.15, 0.2) is 46.5 Å². The highest BCUT2D eigenvalue weighted by molar-refractivity contribution is 9.10. The predicted octanol–water partition coefficient (Wildman–Crippen LogP) is 3.01. The Kier molecular flexibility index (Phi) is 5.77. The van der Waals surface area contributed by atoms with E-state index in [9.17, 15) is 0 Å². The van der Waals surface area contributed by atoms with Crippen molar-refractivity contribution in [3.63, 3.8) is 0 Å². The Balaban J connectivity index is 2.35. The lowest BCUT2D eigenvalue weighted by Crippen LogP contribution is -2.43. The molecule has 0 saturated carbocycles. The van der Waals surface area contributed by atoms with Gasteiger partial charge < -0.3 is 9.80 Å². The highest BCUT2D eigenvalue weighted by atomic mass is 79.9. The topological polar surface area (TPSA) is 54.1 Å². The second-order valence-electron chi connectivity index (χ2n) is 5.15. The molecule has 1 saturated heterocycles. The summed E-state index contributed by atoms with van der Waals surface area (Å²) < 4.78 is 1.03. The Hall–Kier alpha value is -2.08. The summed E-state index contributed by atoms with van der Waals surface area (Å²) >= 11 is 3.45. The molecule has 112 valence electrons. The van der Waals surface area contributed by atoms with Crippen LogP contribution in [0.25, 0.3) is 5.70 Å². The van der Waals surface area contributed by atoms with Gasteiger partial charge in [-0.2, -0.15) is 10.5 Å². The van der Waals surface area contributed by atoms with Gasteiger partial charge in [-0.3, -0.25) is 0 Å². The first-order valence-corrected chi connectivity index (χ1v) is 7.85. The van der Waals surface area contributed by atoms with Crippen LogP contribution in [0, 0.1) is 22.7 Å². The number of hydrogen-bond acceptors (Lipinski definition) is 4. The van der Waals surface area contributed by atoms with Gasteiger partial charge >= 0.3 is 0 Å². The van der Waals surface area contributed by atoms with E-state index in [4.69, 9.17) is 10.5 Å². The van der Waals surface area contributed by atoms with Gasteiger partial charge in [0.05, 0.1) is 0 Å². The third kappa shape index (κ3) is 4.21.